The van der Waals surface area contributed by atoms with Gasteiger partial charge in [0.1, 0.15) is 11.4 Å². The molecule has 0 radical (unpaired) electrons. The molecule has 0 unspecified atom stereocenters. The maximum Gasteiger partial charge on any atom is 0.573 e. The monoisotopic (exact) mass is 410 g/mol. The van der Waals surface area contributed by atoms with Crippen molar-refractivity contribution in [3.63, 3.8) is 0 Å². The second-order valence-electron chi connectivity index (χ2n) is 8.76. The molecule has 3 aliphatic carbocycles. The Labute approximate surface area is 165 Å². The quantitative estimate of drug-likeness (QED) is 0.824. The minimum Gasteiger partial charge on any atom is -0.444 e. The highest BCUT2D eigenvalue weighted by Crippen LogP contribution is 2.65. The Morgan fingerprint density at radius 3 is 2.41 bits per heavy atom. The normalized spacial score (nSPS) is 25.6. The summed E-state index contributed by atoms with van der Waals surface area (Å²) in [4.78, 5) is 16.0. The number of alkyl carbamates (subject to hydrolysis) is 1. The Balaban J connectivity index is 1.37. The van der Waals surface area contributed by atoms with Crippen LogP contribution in [-0.2, 0) is 10.3 Å². The predicted octanol–water partition coefficient (Wildman–Crippen LogP) is 4.00. The summed E-state index contributed by atoms with van der Waals surface area (Å²) in [6.45, 7) is 5.45. The van der Waals surface area contributed by atoms with Crippen LogP contribution in [0.5, 0.6) is 5.75 Å². The van der Waals surface area contributed by atoms with E-state index in [1.54, 1.807) is 6.20 Å². The molecule has 1 amide bonds. The van der Waals surface area contributed by atoms with Crippen LogP contribution in [0.25, 0.3) is 11.3 Å². The molecule has 0 aromatic carbocycles. The Hall–Kier alpha value is -2.78. The average Bonchev–Trinajstić information content (AvgIpc) is 2.96. The smallest absolute Gasteiger partial charge is 0.444 e. The van der Waals surface area contributed by atoms with Crippen molar-refractivity contribution in [2.24, 2.45) is 0 Å². The van der Waals surface area contributed by atoms with Crippen LogP contribution in [-0.4, -0.2) is 38.4 Å². The number of aromatic nitrogens is 3. The first-order chi connectivity index (χ1) is 13.4. The number of hydrogen-bond acceptors (Lipinski definition) is 5. The van der Waals surface area contributed by atoms with Crippen molar-refractivity contribution < 1.29 is 27.4 Å². The molecule has 156 valence electrons. The number of rotatable bonds is 4. The minimum atomic E-state index is -4.75. The average molecular weight is 410 g/mol. The first kappa shape index (κ1) is 19.5. The summed E-state index contributed by atoms with van der Waals surface area (Å²) in [7, 11) is 0. The molecule has 3 aliphatic rings. The second-order valence-corrected chi connectivity index (χ2v) is 8.76. The number of carbonyl (C=O) groups excluding carboxylic acids is 1. The molecule has 5 rings (SSSR count). The highest BCUT2D eigenvalue weighted by atomic mass is 19.4. The summed E-state index contributed by atoms with van der Waals surface area (Å²) >= 11 is 0. The zero-order valence-corrected chi connectivity index (χ0v) is 16.2. The number of nitrogens with zero attached hydrogens (tertiary/aromatic N) is 3. The Kier molecular flexibility index (Phi) is 4.11. The molecular formula is C19H21F3N4O3. The first-order valence-corrected chi connectivity index (χ1v) is 9.16. The van der Waals surface area contributed by atoms with E-state index in [0.717, 1.165) is 25.5 Å². The van der Waals surface area contributed by atoms with E-state index < -0.39 is 18.1 Å². The zero-order valence-electron chi connectivity index (χ0n) is 16.2. The minimum absolute atomic E-state index is 0.146. The third-order valence-electron chi connectivity index (χ3n) is 5.10. The number of pyridine rings is 1. The second kappa shape index (κ2) is 6.11. The molecule has 1 N–H and O–H groups in total. The van der Waals surface area contributed by atoms with Crippen molar-refractivity contribution in [1.82, 2.24) is 20.1 Å². The van der Waals surface area contributed by atoms with Gasteiger partial charge in [0, 0.05) is 11.8 Å². The van der Waals surface area contributed by atoms with E-state index in [-0.39, 0.29) is 16.8 Å². The van der Waals surface area contributed by atoms with Gasteiger partial charge in [-0.1, -0.05) is 0 Å². The fourth-order valence-corrected chi connectivity index (χ4v) is 4.09. The van der Waals surface area contributed by atoms with Gasteiger partial charge in [0.05, 0.1) is 29.2 Å². The van der Waals surface area contributed by atoms with Gasteiger partial charge in [0.25, 0.3) is 0 Å². The van der Waals surface area contributed by atoms with Gasteiger partial charge in [0.15, 0.2) is 0 Å². The Bertz CT molecular complexity index is 912. The molecule has 2 aromatic rings. The number of ether oxygens (including phenoxy) is 2. The lowest BCUT2D eigenvalue weighted by molar-refractivity contribution is -0.274. The van der Waals surface area contributed by atoms with E-state index in [9.17, 15) is 18.0 Å². The van der Waals surface area contributed by atoms with Crippen molar-refractivity contribution in [2.45, 2.75) is 63.1 Å². The summed E-state index contributed by atoms with van der Waals surface area (Å²) in [5.74, 6) is -0.372. The molecule has 29 heavy (non-hydrogen) atoms. The number of amides is 1. The zero-order chi connectivity index (χ0) is 21.1. The lowest BCUT2D eigenvalue weighted by Crippen LogP contribution is -2.79. The lowest BCUT2D eigenvalue weighted by atomic mass is 9.44. The van der Waals surface area contributed by atoms with Crippen LogP contribution in [0, 0.1) is 0 Å². The molecule has 2 bridgehead atoms. The summed E-state index contributed by atoms with van der Waals surface area (Å²) in [5, 5.41) is 7.35. The third-order valence-corrected chi connectivity index (χ3v) is 5.10. The van der Waals surface area contributed by atoms with E-state index in [1.165, 1.54) is 12.1 Å². The SMILES string of the molecule is CC(C)(C)OC(=O)NC12CC(n3cc(-c4ccc(OC(F)(F)F)cn4)cn3)(C1)C2. The fourth-order valence-electron chi connectivity index (χ4n) is 4.09. The van der Waals surface area contributed by atoms with Crippen molar-refractivity contribution in [3.05, 3.63) is 30.7 Å². The highest BCUT2D eigenvalue weighted by molar-refractivity contribution is 5.70. The largest absolute Gasteiger partial charge is 0.573 e. The number of nitrogens with one attached hydrogen (secondary N) is 1. The Morgan fingerprint density at radius 1 is 1.17 bits per heavy atom. The van der Waals surface area contributed by atoms with Gasteiger partial charge in [-0.2, -0.15) is 5.10 Å². The predicted molar refractivity (Wildman–Crippen MR) is 96.1 cm³/mol. The molecule has 2 aromatic heterocycles. The summed E-state index contributed by atoms with van der Waals surface area (Å²) in [5.41, 5.74) is 0.257. The maximum absolute atomic E-state index is 12.2. The maximum atomic E-state index is 12.2. The van der Waals surface area contributed by atoms with Crippen LogP contribution in [0.2, 0.25) is 0 Å². The number of carbonyl (C=O) groups is 1. The number of alkyl halides is 3. The number of halogens is 3. The van der Waals surface area contributed by atoms with E-state index in [4.69, 9.17) is 4.74 Å². The molecule has 3 saturated carbocycles. The van der Waals surface area contributed by atoms with Gasteiger partial charge in [-0.05, 0) is 52.2 Å². The third kappa shape index (κ3) is 3.88. The molecule has 0 saturated heterocycles. The molecule has 3 fully saturated rings. The summed E-state index contributed by atoms with van der Waals surface area (Å²) in [6.07, 6.45) is 1.58. The van der Waals surface area contributed by atoms with E-state index >= 15 is 0 Å². The van der Waals surface area contributed by atoms with Gasteiger partial charge >= 0.3 is 12.5 Å². The van der Waals surface area contributed by atoms with Crippen LogP contribution in [0.15, 0.2) is 30.7 Å². The topological polar surface area (TPSA) is 78.3 Å². The first-order valence-electron chi connectivity index (χ1n) is 9.16. The molecule has 0 aliphatic heterocycles. The van der Waals surface area contributed by atoms with Crippen LogP contribution in [0.1, 0.15) is 40.0 Å². The standard InChI is InChI=1S/C19H21F3N4O3/c1-16(2,3)29-15(27)25-17-9-18(10-17,11-17)26-8-12(6-24-26)14-5-4-13(7-23-14)28-19(20,21)22/h4-8H,9-11H2,1-3H3,(H,25,27). The van der Waals surface area contributed by atoms with E-state index in [0.29, 0.717) is 11.3 Å². The van der Waals surface area contributed by atoms with Crippen LogP contribution < -0.4 is 10.1 Å². The summed E-state index contributed by atoms with van der Waals surface area (Å²) in [6, 6.07) is 2.67. The van der Waals surface area contributed by atoms with Crippen molar-refractivity contribution in [3.8, 4) is 17.0 Å². The van der Waals surface area contributed by atoms with Gasteiger partial charge in [-0.3, -0.25) is 9.67 Å². The van der Waals surface area contributed by atoms with Crippen LogP contribution in [0.4, 0.5) is 18.0 Å². The molecular weight excluding hydrogens is 389 g/mol. The highest BCUT2D eigenvalue weighted by Gasteiger charge is 2.70. The Morgan fingerprint density at radius 2 is 1.86 bits per heavy atom. The van der Waals surface area contributed by atoms with Crippen molar-refractivity contribution in [1.29, 1.82) is 0 Å². The van der Waals surface area contributed by atoms with Gasteiger partial charge in [0.2, 0.25) is 0 Å². The van der Waals surface area contributed by atoms with E-state index in [1.807, 2.05) is 31.6 Å². The molecule has 0 atom stereocenters. The summed E-state index contributed by atoms with van der Waals surface area (Å²) < 4.78 is 47.7. The van der Waals surface area contributed by atoms with Crippen molar-refractivity contribution >= 4 is 6.09 Å². The molecule has 7 nitrogen and oxygen atoms in total. The van der Waals surface area contributed by atoms with E-state index in [2.05, 4.69) is 20.1 Å². The molecule has 10 heteroatoms. The van der Waals surface area contributed by atoms with Crippen LogP contribution in [0.3, 0.4) is 0 Å². The van der Waals surface area contributed by atoms with Gasteiger partial charge in [-0.25, -0.2) is 4.79 Å². The lowest BCUT2D eigenvalue weighted by Gasteiger charge is -2.69. The number of hydrogen-bond donors (Lipinski definition) is 1. The van der Waals surface area contributed by atoms with Crippen LogP contribution >= 0.6 is 0 Å². The van der Waals surface area contributed by atoms with Crippen molar-refractivity contribution in [2.75, 3.05) is 0 Å². The van der Waals surface area contributed by atoms with Gasteiger partial charge < -0.3 is 14.8 Å². The van der Waals surface area contributed by atoms with Gasteiger partial charge in [-0.15, -0.1) is 13.2 Å². The fraction of sp³-hybridized carbons (Fsp3) is 0.526. The molecule has 0 spiro atoms. The molecule has 2 heterocycles.